The molecule has 4 atom stereocenters. The zero-order valence-corrected chi connectivity index (χ0v) is 22.1. The van der Waals surface area contributed by atoms with Gasteiger partial charge < -0.3 is 25.6 Å². The fourth-order valence-corrected chi connectivity index (χ4v) is 5.13. The third-order valence-electron chi connectivity index (χ3n) is 7.68. The van der Waals surface area contributed by atoms with Crippen LogP contribution in [0.3, 0.4) is 0 Å². The first-order chi connectivity index (χ1) is 18.7. The average Bonchev–Trinajstić information content (AvgIpc) is 3.29. The van der Waals surface area contributed by atoms with E-state index in [1.54, 1.807) is 37.6 Å². The highest BCUT2D eigenvalue weighted by molar-refractivity contribution is 5.66. The fourth-order valence-electron chi connectivity index (χ4n) is 5.13. The van der Waals surface area contributed by atoms with Crippen LogP contribution in [0, 0.1) is 17.6 Å². The molecule has 1 saturated carbocycles. The largest absolute Gasteiger partial charge is 0.491 e. The van der Waals surface area contributed by atoms with E-state index in [4.69, 9.17) is 15.2 Å². The van der Waals surface area contributed by atoms with Gasteiger partial charge >= 0.3 is 0 Å². The van der Waals surface area contributed by atoms with Crippen LogP contribution in [0.25, 0.3) is 16.8 Å². The Labute approximate surface area is 225 Å². The lowest BCUT2D eigenvalue weighted by atomic mass is 9.68. The molecule has 0 spiro atoms. The summed E-state index contributed by atoms with van der Waals surface area (Å²) in [4.78, 5) is 8.71. The number of aliphatic hydroxyl groups is 1. The Kier molecular flexibility index (Phi) is 7.48. The molecule has 1 aromatic carbocycles. The maximum atomic E-state index is 15.0. The molecule has 39 heavy (non-hydrogen) atoms. The van der Waals surface area contributed by atoms with Crippen molar-refractivity contribution in [3.05, 3.63) is 66.1 Å². The zero-order valence-electron chi connectivity index (χ0n) is 22.1. The van der Waals surface area contributed by atoms with Crippen LogP contribution in [-0.2, 0) is 4.74 Å². The van der Waals surface area contributed by atoms with Gasteiger partial charge in [0.25, 0.3) is 0 Å². The lowest BCUT2D eigenvalue weighted by Crippen LogP contribution is -2.54. The van der Waals surface area contributed by atoms with E-state index in [0.29, 0.717) is 24.5 Å². The fraction of sp³-hybridized carbons (Fsp3) is 0.393. The number of aromatic nitrogens is 4. The Morgan fingerprint density at radius 2 is 1.92 bits per heavy atom. The molecule has 0 saturated heterocycles. The van der Waals surface area contributed by atoms with Gasteiger partial charge in [0.2, 0.25) is 5.95 Å². The monoisotopic (exact) mass is 538 g/mol. The number of imidazole rings is 1. The van der Waals surface area contributed by atoms with E-state index in [1.807, 2.05) is 13.0 Å². The highest BCUT2D eigenvalue weighted by atomic mass is 19.1. The van der Waals surface area contributed by atoms with Crippen LogP contribution < -0.4 is 15.8 Å². The first kappa shape index (κ1) is 26.9. The summed E-state index contributed by atoms with van der Waals surface area (Å²) in [6.07, 6.45) is 6.41. The number of benzene rings is 1. The Morgan fingerprint density at radius 3 is 2.64 bits per heavy atom. The average molecular weight is 539 g/mol. The topological polar surface area (TPSA) is 120 Å². The maximum absolute atomic E-state index is 15.0. The van der Waals surface area contributed by atoms with Crippen molar-refractivity contribution < 1.29 is 23.4 Å². The second-order valence-corrected chi connectivity index (χ2v) is 10.2. The second kappa shape index (κ2) is 10.8. The summed E-state index contributed by atoms with van der Waals surface area (Å²) in [6.45, 7) is 4.26. The summed E-state index contributed by atoms with van der Waals surface area (Å²) >= 11 is 0. The summed E-state index contributed by atoms with van der Waals surface area (Å²) < 4.78 is 41.7. The number of rotatable bonds is 8. The number of fused-ring (bicyclic) bond motifs is 1. The van der Waals surface area contributed by atoms with Crippen LogP contribution in [0.2, 0.25) is 0 Å². The first-order valence-electron chi connectivity index (χ1n) is 12.8. The molecule has 3 heterocycles. The number of hydrogen-bond acceptors (Lipinski definition) is 8. The normalized spacial score (nSPS) is 23.2. The van der Waals surface area contributed by atoms with Gasteiger partial charge in [-0.05, 0) is 55.4 Å². The molecule has 1 fully saturated rings. The Bertz CT molecular complexity index is 1440. The Morgan fingerprint density at radius 1 is 1.15 bits per heavy atom. The maximum Gasteiger partial charge on any atom is 0.229 e. The Hall–Kier alpha value is -3.67. The van der Waals surface area contributed by atoms with Crippen LogP contribution in [-0.4, -0.2) is 56.7 Å². The summed E-state index contributed by atoms with van der Waals surface area (Å²) in [5, 5.41) is 18.5. The van der Waals surface area contributed by atoms with E-state index in [0.717, 1.165) is 29.8 Å². The van der Waals surface area contributed by atoms with E-state index >= 15 is 0 Å². The van der Waals surface area contributed by atoms with Gasteiger partial charge in [-0.1, -0.05) is 6.92 Å². The number of halogens is 2. The summed E-state index contributed by atoms with van der Waals surface area (Å²) in [5.41, 5.74) is 7.59. The molecule has 11 heteroatoms. The summed E-state index contributed by atoms with van der Waals surface area (Å²) in [7, 11) is 1.52. The number of anilines is 2. The summed E-state index contributed by atoms with van der Waals surface area (Å²) in [5.74, 6) is -1.05. The van der Waals surface area contributed by atoms with Crippen LogP contribution in [0.5, 0.6) is 5.75 Å². The first-order valence-corrected chi connectivity index (χ1v) is 12.8. The molecule has 1 aliphatic carbocycles. The highest BCUT2D eigenvalue weighted by Gasteiger charge is 2.42. The van der Waals surface area contributed by atoms with Crippen molar-refractivity contribution in [2.24, 2.45) is 11.7 Å². The van der Waals surface area contributed by atoms with Crippen LogP contribution >= 0.6 is 0 Å². The minimum Gasteiger partial charge on any atom is -0.491 e. The highest BCUT2D eigenvalue weighted by Crippen LogP contribution is 2.43. The van der Waals surface area contributed by atoms with E-state index in [1.165, 1.54) is 11.6 Å². The number of nitrogens with one attached hydrogen (secondary N) is 1. The van der Waals surface area contributed by atoms with E-state index in [-0.39, 0.29) is 41.5 Å². The van der Waals surface area contributed by atoms with Gasteiger partial charge in [0.15, 0.2) is 0 Å². The standard InChI is InChI=1S/C28H32F2N6O3/c1-16-10-17(11-25(31)28(16,2)37)20-6-7-32-15-24(20)34-27-33-14-18-4-5-23(35-36(18)27)26-21(29)12-19(13-22(26)30)39-9-8-38-3/h4-7,12-17,25,37H,8-11,31H2,1-3H3,(H,33,34). The third-order valence-corrected chi connectivity index (χ3v) is 7.68. The van der Waals surface area contributed by atoms with Crippen molar-refractivity contribution >= 4 is 17.2 Å². The van der Waals surface area contributed by atoms with Crippen LogP contribution in [0.15, 0.2) is 48.9 Å². The SMILES string of the molecule is COCCOc1cc(F)c(-c2ccc3cnc(Nc4cnccc4C4CC(C)C(C)(O)C(N)C4)n3n2)c(F)c1. The smallest absolute Gasteiger partial charge is 0.229 e. The number of hydrogen-bond donors (Lipinski definition) is 3. The minimum atomic E-state index is -0.935. The van der Waals surface area contributed by atoms with Gasteiger partial charge in [0, 0.05) is 31.5 Å². The van der Waals surface area contributed by atoms with Crippen molar-refractivity contribution in [3.8, 4) is 17.0 Å². The predicted molar refractivity (Wildman–Crippen MR) is 143 cm³/mol. The van der Waals surface area contributed by atoms with Gasteiger partial charge in [-0.3, -0.25) is 4.98 Å². The molecule has 5 rings (SSSR count). The van der Waals surface area contributed by atoms with Gasteiger partial charge in [-0.25, -0.2) is 13.8 Å². The molecule has 0 aliphatic heterocycles. The van der Waals surface area contributed by atoms with Gasteiger partial charge in [0.05, 0.1) is 47.1 Å². The number of nitrogens with two attached hydrogens (primary N) is 1. The zero-order chi connectivity index (χ0) is 27.7. The Balaban J connectivity index is 1.45. The van der Waals surface area contributed by atoms with Gasteiger partial charge in [0.1, 0.15) is 24.0 Å². The third kappa shape index (κ3) is 5.29. The molecular formula is C28H32F2N6O3. The molecule has 3 aromatic heterocycles. The van der Waals surface area contributed by atoms with Crippen molar-refractivity contribution in [2.45, 2.75) is 44.2 Å². The molecular weight excluding hydrogens is 506 g/mol. The van der Waals surface area contributed by atoms with E-state index in [9.17, 15) is 13.9 Å². The van der Waals surface area contributed by atoms with Crippen LogP contribution in [0.1, 0.15) is 38.2 Å². The number of ether oxygens (including phenoxy) is 2. The second-order valence-electron chi connectivity index (χ2n) is 10.2. The van der Waals surface area contributed by atoms with E-state index < -0.39 is 17.2 Å². The number of pyridine rings is 1. The van der Waals surface area contributed by atoms with Gasteiger partial charge in [-0.2, -0.15) is 9.61 Å². The van der Waals surface area contributed by atoms with Crippen molar-refractivity contribution in [1.82, 2.24) is 19.6 Å². The number of nitrogens with zero attached hydrogens (tertiary/aromatic N) is 4. The molecule has 9 nitrogen and oxygen atoms in total. The van der Waals surface area contributed by atoms with Crippen molar-refractivity contribution in [3.63, 3.8) is 0 Å². The lowest BCUT2D eigenvalue weighted by Gasteiger charge is -2.44. The van der Waals surface area contributed by atoms with Crippen molar-refractivity contribution in [2.75, 3.05) is 25.6 Å². The molecule has 0 amide bonds. The quantitative estimate of drug-likeness (QED) is 0.282. The molecule has 0 bridgehead atoms. The minimum absolute atomic E-state index is 0.00491. The molecule has 206 valence electrons. The molecule has 4 N–H and O–H groups in total. The van der Waals surface area contributed by atoms with E-state index in [2.05, 4.69) is 20.4 Å². The summed E-state index contributed by atoms with van der Waals surface area (Å²) in [6, 6.07) is 7.05. The van der Waals surface area contributed by atoms with Gasteiger partial charge in [-0.15, -0.1) is 0 Å². The molecule has 4 unspecified atom stereocenters. The molecule has 1 aliphatic rings. The van der Waals surface area contributed by atoms with Crippen molar-refractivity contribution in [1.29, 1.82) is 0 Å². The van der Waals surface area contributed by atoms with Crippen LogP contribution in [0.4, 0.5) is 20.4 Å². The lowest BCUT2D eigenvalue weighted by molar-refractivity contribution is -0.0463. The molecule has 4 aromatic rings. The predicted octanol–water partition coefficient (Wildman–Crippen LogP) is 4.43. The number of methoxy groups -OCH3 is 1. The molecule has 0 radical (unpaired) electrons.